The number of rotatable bonds is 5. The molecule has 0 bridgehead atoms. The van der Waals surface area contributed by atoms with Gasteiger partial charge in [-0.25, -0.2) is 9.97 Å². The Balaban J connectivity index is 1.74. The first-order valence-electron chi connectivity index (χ1n) is 8.41. The smallest absolute Gasteiger partial charge is 0.161 e. The number of imidazole rings is 1. The normalized spacial score (nSPS) is 10.8. The molecule has 0 atom stereocenters. The maximum Gasteiger partial charge on any atom is 0.161 e. The minimum atomic E-state index is 0.667. The van der Waals surface area contributed by atoms with E-state index in [0.29, 0.717) is 11.5 Å². The van der Waals surface area contributed by atoms with Gasteiger partial charge in [-0.1, -0.05) is 0 Å². The molecule has 0 aliphatic heterocycles. The van der Waals surface area contributed by atoms with E-state index in [-0.39, 0.29) is 0 Å². The Kier molecular flexibility index (Phi) is 4.33. The number of aryl methyl sites for hydroxylation is 1. The number of benzene rings is 1. The van der Waals surface area contributed by atoms with Crippen molar-refractivity contribution in [3.63, 3.8) is 0 Å². The quantitative estimate of drug-likeness (QED) is 0.583. The van der Waals surface area contributed by atoms with Crippen LogP contribution in [-0.2, 0) is 7.05 Å². The molecule has 0 saturated heterocycles. The standard InChI is InChI=1S/C20H19N5O2/c1-25-16-11-19(23-14-6-8-21-9-7-14)22-12-15(16)24-20(25)13-4-5-17(26-2)18(10-13)27-3/h4-12H,1-3H3,(H,21,22,23). The van der Waals surface area contributed by atoms with Crippen LogP contribution in [0, 0.1) is 0 Å². The third kappa shape index (κ3) is 3.15. The zero-order valence-electron chi connectivity index (χ0n) is 15.3. The number of hydrogen-bond donors (Lipinski definition) is 1. The molecule has 0 aliphatic rings. The summed E-state index contributed by atoms with van der Waals surface area (Å²) in [7, 11) is 5.23. The van der Waals surface area contributed by atoms with Crippen LogP contribution in [0.1, 0.15) is 0 Å². The van der Waals surface area contributed by atoms with Gasteiger partial charge in [-0.2, -0.15) is 0 Å². The minimum absolute atomic E-state index is 0.667. The molecule has 4 aromatic rings. The number of aromatic nitrogens is 4. The van der Waals surface area contributed by atoms with E-state index in [0.717, 1.165) is 33.9 Å². The number of methoxy groups -OCH3 is 2. The molecule has 7 nitrogen and oxygen atoms in total. The number of hydrogen-bond acceptors (Lipinski definition) is 6. The maximum absolute atomic E-state index is 5.41. The molecule has 0 saturated carbocycles. The molecule has 0 amide bonds. The van der Waals surface area contributed by atoms with Crippen molar-refractivity contribution in [3.05, 3.63) is 55.0 Å². The SMILES string of the molecule is COc1ccc(-c2nc3cnc(Nc4ccncc4)cc3n2C)cc1OC. The zero-order chi connectivity index (χ0) is 18.8. The molecule has 0 fully saturated rings. The van der Waals surface area contributed by atoms with Gasteiger partial charge in [0.25, 0.3) is 0 Å². The third-order valence-corrected chi connectivity index (χ3v) is 4.36. The van der Waals surface area contributed by atoms with E-state index in [1.165, 1.54) is 0 Å². The highest BCUT2D eigenvalue weighted by Crippen LogP contribution is 2.33. The highest BCUT2D eigenvalue weighted by atomic mass is 16.5. The Hall–Kier alpha value is -3.61. The maximum atomic E-state index is 5.41. The Morgan fingerprint density at radius 3 is 2.48 bits per heavy atom. The number of pyridine rings is 2. The lowest BCUT2D eigenvalue weighted by Crippen LogP contribution is -1.96. The summed E-state index contributed by atoms with van der Waals surface area (Å²) < 4.78 is 12.8. The van der Waals surface area contributed by atoms with Crippen molar-refractivity contribution in [1.82, 2.24) is 19.5 Å². The highest BCUT2D eigenvalue weighted by molar-refractivity contribution is 5.83. The average Bonchev–Trinajstić information content (AvgIpc) is 3.04. The van der Waals surface area contributed by atoms with Gasteiger partial charge >= 0.3 is 0 Å². The first-order valence-corrected chi connectivity index (χ1v) is 8.41. The first kappa shape index (κ1) is 16.8. The van der Waals surface area contributed by atoms with Crippen molar-refractivity contribution in [2.75, 3.05) is 19.5 Å². The van der Waals surface area contributed by atoms with Crippen molar-refractivity contribution < 1.29 is 9.47 Å². The Morgan fingerprint density at radius 1 is 0.963 bits per heavy atom. The van der Waals surface area contributed by atoms with E-state index in [1.54, 1.807) is 32.8 Å². The zero-order valence-corrected chi connectivity index (χ0v) is 15.3. The molecule has 0 radical (unpaired) electrons. The minimum Gasteiger partial charge on any atom is -0.493 e. The highest BCUT2D eigenvalue weighted by Gasteiger charge is 2.14. The van der Waals surface area contributed by atoms with Gasteiger partial charge in [0.2, 0.25) is 0 Å². The summed E-state index contributed by atoms with van der Waals surface area (Å²) in [6.45, 7) is 0. The number of anilines is 2. The topological polar surface area (TPSA) is 74.1 Å². The van der Waals surface area contributed by atoms with Gasteiger partial charge in [0, 0.05) is 36.8 Å². The van der Waals surface area contributed by atoms with Crippen LogP contribution in [0.3, 0.4) is 0 Å². The Morgan fingerprint density at radius 2 is 1.74 bits per heavy atom. The third-order valence-electron chi connectivity index (χ3n) is 4.36. The van der Waals surface area contributed by atoms with Crippen LogP contribution in [0.15, 0.2) is 55.0 Å². The van der Waals surface area contributed by atoms with Crippen LogP contribution in [0.2, 0.25) is 0 Å². The lowest BCUT2D eigenvalue weighted by atomic mass is 10.2. The first-order chi connectivity index (χ1) is 13.2. The van der Waals surface area contributed by atoms with Gasteiger partial charge in [-0.05, 0) is 30.3 Å². The molecule has 0 spiro atoms. The Labute approximate surface area is 156 Å². The summed E-state index contributed by atoms with van der Waals surface area (Å²) in [6.07, 6.45) is 5.24. The number of nitrogens with zero attached hydrogens (tertiary/aromatic N) is 4. The molecule has 1 N–H and O–H groups in total. The number of fused-ring (bicyclic) bond motifs is 1. The average molecular weight is 361 g/mol. The van der Waals surface area contributed by atoms with Gasteiger partial charge in [0.15, 0.2) is 11.5 Å². The van der Waals surface area contributed by atoms with Crippen molar-refractivity contribution in [2.24, 2.45) is 7.05 Å². The van der Waals surface area contributed by atoms with E-state index < -0.39 is 0 Å². The second kappa shape index (κ2) is 6.95. The van der Waals surface area contributed by atoms with Gasteiger partial charge in [-0.3, -0.25) is 4.98 Å². The Bertz CT molecular complexity index is 1090. The van der Waals surface area contributed by atoms with Crippen LogP contribution in [-0.4, -0.2) is 33.7 Å². The molecule has 136 valence electrons. The fourth-order valence-electron chi connectivity index (χ4n) is 2.98. The predicted octanol–water partition coefficient (Wildman–Crippen LogP) is 3.79. The van der Waals surface area contributed by atoms with Gasteiger partial charge < -0.3 is 19.4 Å². The largest absolute Gasteiger partial charge is 0.493 e. The molecular weight excluding hydrogens is 342 g/mol. The monoisotopic (exact) mass is 361 g/mol. The summed E-state index contributed by atoms with van der Waals surface area (Å²) in [5, 5.41) is 3.28. The van der Waals surface area contributed by atoms with Crippen molar-refractivity contribution in [2.45, 2.75) is 0 Å². The van der Waals surface area contributed by atoms with Gasteiger partial charge in [-0.15, -0.1) is 0 Å². The van der Waals surface area contributed by atoms with Crippen LogP contribution < -0.4 is 14.8 Å². The van der Waals surface area contributed by atoms with Crippen molar-refractivity contribution in [1.29, 1.82) is 0 Å². The van der Waals surface area contributed by atoms with Gasteiger partial charge in [0.1, 0.15) is 17.2 Å². The summed E-state index contributed by atoms with van der Waals surface area (Å²) in [4.78, 5) is 13.2. The fourth-order valence-corrected chi connectivity index (χ4v) is 2.98. The molecule has 7 heteroatoms. The summed E-state index contributed by atoms with van der Waals surface area (Å²) in [5.74, 6) is 2.93. The van der Waals surface area contributed by atoms with Crippen molar-refractivity contribution in [3.8, 4) is 22.9 Å². The van der Waals surface area contributed by atoms with E-state index >= 15 is 0 Å². The van der Waals surface area contributed by atoms with Crippen LogP contribution >= 0.6 is 0 Å². The van der Waals surface area contributed by atoms with E-state index in [4.69, 9.17) is 14.5 Å². The molecule has 3 aromatic heterocycles. The molecule has 3 heterocycles. The lowest BCUT2D eigenvalue weighted by molar-refractivity contribution is 0.355. The van der Waals surface area contributed by atoms with Crippen LogP contribution in [0.4, 0.5) is 11.5 Å². The van der Waals surface area contributed by atoms with E-state index in [9.17, 15) is 0 Å². The molecule has 27 heavy (non-hydrogen) atoms. The second-order valence-corrected chi connectivity index (χ2v) is 5.98. The number of nitrogens with one attached hydrogen (secondary N) is 1. The summed E-state index contributed by atoms with van der Waals surface area (Å²) in [6, 6.07) is 11.5. The van der Waals surface area contributed by atoms with Gasteiger partial charge in [0.05, 0.1) is 25.9 Å². The fraction of sp³-hybridized carbons (Fsp3) is 0.150. The molecule has 0 aliphatic carbocycles. The number of ether oxygens (including phenoxy) is 2. The summed E-state index contributed by atoms with van der Waals surface area (Å²) >= 11 is 0. The molecular formula is C20H19N5O2. The molecule has 4 rings (SSSR count). The van der Waals surface area contributed by atoms with Crippen LogP contribution in [0.5, 0.6) is 11.5 Å². The predicted molar refractivity (Wildman–Crippen MR) is 105 cm³/mol. The van der Waals surface area contributed by atoms with E-state index in [2.05, 4.69) is 15.3 Å². The second-order valence-electron chi connectivity index (χ2n) is 5.98. The molecule has 1 aromatic carbocycles. The van der Waals surface area contributed by atoms with E-state index in [1.807, 2.05) is 48.0 Å². The molecule has 0 unspecified atom stereocenters. The van der Waals surface area contributed by atoms with Crippen LogP contribution in [0.25, 0.3) is 22.4 Å². The van der Waals surface area contributed by atoms with Crippen molar-refractivity contribution >= 4 is 22.5 Å². The summed E-state index contributed by atoms with van der Waals surface area (Å²) in [5.41, 5.74) is 3.67. The lowest BCUT2D eigenvalue weighted by Gasteiger charge is -2.09.